The van der Waals surface area contributed by atoms with Gasteiger partial charge in [0.2, 0.25) is 0 Å². The van der Waals surface area contributed by atoms with Crippen molar-refractivity contribution < 1.29 is 14.6 Å². The van der Waals surface area contributed by atoms with Gasteiger partial charge in [-0.3, -0.25) is 4.79 Å². The number of carboxylic acid groups (broad SMARTS) is 1. The monoisotopic (exact) mass is 301 g/mol. The molecular formula is C12H16BrNO3. The van der Waals surface area contributed by atoms with Crippen LogP contribution in [0.1, 0.15) is 19.4 Å². The lowest BCUT2D eigenvalue weighted by Crippen LogP contribution is -2.33. The molecule has 2 N–H and O–H groups in total. The van der Waals surface area contributed by atoms with E-state index in [4.69, 9.17) is 9.84 Å². The highest BCUT2D eigenvalue weighted by Gasteiger charge is 2.11. The van der Waals surface area contributed by atoms with Gasteiger partial charge in [-0.15, -0.1) is 0 Å². The van der Waals surface area contributed by atoms with Gasteiger partial charge in [-0.2, -0.15) is 0 Å². The van der Waals surface area contributed by atoms with Crippen molar-refractivity contribution >= 4 is 21.9 Å². The number of aliphatic carboxylic acids is 1. The molecular weight excluding hydrogens is 286 g/mol. The molecule has 0 radical (unpaired) electrons. The lowest BCUT2D eigenvalue weighted by atomic mass is 10.2. The average molecular weight is 302 g/mol. The fourth-order valence-electron chi connectivity index (χ4n) is 1.33. The highest BCUT2D eigenvalue weighted by molar-refractivity contribution is 9.10. The van der Waals surface area contributed by atoms with Gasteiger partial charge in [0, 0.05) is 16.6 Å². The summed E-state index contributed by atoms with van der Waals surface area (Å²) in [7, 11) is 0. The zero-order valence-electron chi connectivity index (χ0n) is 9.87. The molecule has 0 fully saturated rings. The zero-order valence-corrected chi connectivity index (χ0v) is 11.5. The molecule has 1 unspecified atom stereocenters. The first-order valence-corrected chi connectivity index (χ1v) is 6.21. The molecule has 0 heterocycles. The largest absolute Gasteiger partial charge is 0.494 e. The van der Waals surface area contributed by atoms with Crippen LogP contribution in [0.5, 0.6) is 5.75 Å². The maximum atomic E-state index is 10.7. The molecule has 0 saturated carbocycles. The molecule has 5 heteroatoms. The second kappa shape index (κ2) is 6.61. The Morgan fingerprint density at radius 2 is 2.29 bits per heavy atom. The van der Waals surface area contributed by atoms with Crippen LogP contribution in [0.4, 0.5) is 0 Å². The molecule has 0 bridgehead atoms. The van der Waals surface area contributed by atoms with Gasteiger partial charge < -0.3 is 15.2 Å². The van der Waals surface area contributed by atoms with E-state index in [-0.39, 0.29) is 0 Å². The number of hydrogen-bond donors (Lipinski definition) is 2. The first kappa shape index (κ1) is 14.0. The lowest BCUT2D eigenvalue weighted by molar-refractivity contribution is -0.139. The maximum absolute atomic E-state index is 10.7. The van der Waals surface area contributed by atoms with Crippen molar-refractivity contribution in [1.29, 1.82) is 0 Å². The van der Waals surface area contributed by atoms with Crippen LogP contribution in [0.15, 0.2) is 22.7 Å². The Bertz CT molecular complexity index is 395. The number of ether oxygens (including phenoxy) is 1. The molecule has 4 nitrogen and oxygen atoms in total. The van der Waals surface area contributed by atoms with E-state index in [1.807, 2.05) is 25.1 Å². The van der Waals surface area contributed by atoms with Crippen molar-refractivity contribution in [3.8, 4) is 5.75 Å². The van der Waals surface area contributed by atoms with Crippen molar-refractivity contribution in [2.75, 3.05) is 6.61 Å². The summed E-state index contributed by atoms with van der Waals surface area (Å²) in [6.07, 6.45) is 0. The molecule has 0 saturated heterocycles. The predicted molar refractivity (Wildman–Crippen MR) is 69.2 cm³/mol. The van der Waals surface area contributed by atoms with Crippen LogP contribution in [0.25, 0.3) is 0 Å². The molecule has 0 aromatic heterocycles. The molecule has 17 heavy (non-hydrogen) atoms. The molecule has 1 aromatic carbocycles. The summed E-state index contributed by atoms with van der Waals surface area (Å²) in [5.74, 6) is -0.0845. The SMILES string of the molecule is CCOc1ccc(Br)cc1CNC(C)C(=O)O. The fourth-order valence-corrected chi connectivity index (χ4v) is 1.74. The number of hydrogen-bond acceptors (Lipinski definition) is 3. The molecule has 0 amide bonds. The van der Waals surface area contributed by atoms with Crippen LogP contribution in [0, 0.1) is 0 Å². The normalized spacial score (nSPS) is 12.2. The first-order valence-electron chi connectivity index (χ1n) is 5.42. The number of rotatable bonds is 6. The number of benzene rings is 1. The molecule has 0 aliphatic heterocycles. The van der Waals surface area contributed by atoms with Crippen molar-refractivity contribution in [3.05, 3.63) is 28.2 Å². The molecule has 1 rings (SSSR count). The first-order chi connectivity index (χ1) is 8.04. The van der Waals surface area contributed by atoms with Crippen LogP contribution >= 0.6 is 15.9 Å². The molecule has 0 aliphatic carbocycles. The molecule has 0 aliphatic rings. The number of halogens is 1. The van der Waals surface area contributed by atoms with Gasteiger partial charge in [0.1, 0.15) is 11.8 Å². The summed E-state index contributed by atoms with van der Waals surface area (Å²) in [4.78, 5) is 10.7. The van der Waals surface area contributed by atoms with Crippen molar-refractivity contribution in [1.82, 2.24) is 5.32 Å². The fraction of sp³-hybridized carbons (Fsp3) is 0.417. The average Bonchev–Trinajstić information content (AvgIpc) is 2.29. The van der Waals surface area contributed by atoms with Crippen molar-refractivity contribution in [2.24, 2.45) is 0 Å². The van der Waals surface area contributed by atoms with E-state index in [0.717, 1.165) is 15.8 Å². The third kappa shape index (κ3) is 4.36. The van der Waals surface area contributed by atoms with E-state index in [2.05, 4.69) is 21.2 Å². The summed E-state index contributed by atoms with van der Waals surface area (Å²) >= 11 is 3.38. The van der Waals surface area contributed by atoms with Gasteiger partial charge in [-0.25, -0.2) is 0 Å². The van der Waals surface area contributed by atoms with E-state index in [9.17, 15) is 4.79 Å². The highest BCUT2D eigenvalue weighted by atomic mass is 79.9. The van der Waals surface area contributed by atoms with E-state index in [1.54, 1.807) is 6.92 Å². The van der Waals surface area contributed by atoms with E-state index < -0.39 is 12.0 Å². The standard InChI is InChI=1S/C12H16BrNO3/c1-3-17-11-5-4-10(13)6-9(11)7-14-8(2)12(15)16/h4-6,8,14H,3,7H2,1-2H3,(H,15,16). The Morgan fingerprint density at radius 1 is 1.59 bits per heavy atom. The number of nitrogens with one attached hydrogen (secondary N) is 1. The number of carbonyl (C=O) groups is 1. The maximum Gasteiger partial charge on any atom is 0.320 e. The lowest BCUT2D eigenvalue weighted by Gasteiger charge is -2.13. The smallest absolute Gasteiger partial charge is 0.320 e. The van der Waals surface area contributed by atoms with Crippen LogP contribution < -0.4 is 10.1 Å². The minimum atomic E-state index is -0.863. The Kier molecular flexibility index (Phi) is 5.44. The quantitative estimate of drug-likeness (QED) is 0.847. The molecule has 0 spiro atoms. The van der Waals surface area contributed by atoms with E-state index >= 15 is 0 Å². The third-order valence-electron chi connectivity index (χ3n) is 2.29. The summed E-state index contributed by atoms with van der Waals surface area (Å²) in [5.41, 5.74) is 0.939. The van der Waals surface area contributed by atoms with Gasteiger partial charge in [0.05, 0.1) is 6.61 Å². The summed E-state index contributed by atoms with van der Waals surface area (Å²) < 4.78 is 6.42. The molecule has 1 aromatic rings. The Hall–Kier alpha value is -1.07. The van der Waals surface area contributed by atoms with E-state index in [0.29, 0.717) is 13.2 Å². The van der Waals surface area contributed by atoms with Gasteiger partial charge in [-0.1, -0.05) is 15.9 Å². The van der Waals surface area contributed by atoms with Crippen molar-refractivity contribution in [3.63, 3.8) is 0 Å². The minimum absolute atomic E-state index is 0.461. The Labute approximate surface area is 109 Å². The topological polar surface area (TPSA) is 58.6 Å². The van der Waals surface area contributed by atoms with Gasteiger partial charge in [-0.05, 0) is 32.0 Å². The summed E-state index contributed by atoms with van der Waals surface area (Å²) in [5, 5.41) is 11.7. The van der Waals surface area contributed by atoms with Gasteiger partial charge in [0.15, 0.2) is 0 Å². The second-order valence-corrected chi connectivity index (χ2v) is 4.54. The Balaban J connectivity index is 2.74. The molecule has 1 atom stereocenters. The second-order valence-electron chi connectivity index (χ2n) is 3.63. The molecule has 94 valence electrons. The Morgan fingerprint density at radius 3 is 2.88 bits per heavy atom. The van der Waals surface area contributed by atoms with Gasteiger partial charge >= 0.3 is 5.97 Å². The van der Waals surface area contributed by atoms with Crippen LogP contribution in [0.2, 0.25) is 0 Å². The summed E-state index contributed by atoms with van der Waals surface area (Å²) in [6, 6.07) is 5.11. The summed E-state index contributed by atoms with van der Waals surface area (Å²) in [6.45, 7) is 4.57. The minimum Gasteiger partial charge on any atom is -0.494 e. The number of carboxylic acids is 1. The van der Waals surface area contributed by atoms with Crippen molar-refractivity contribution in [2.45, 2.75) is 26.4 Å². The van der Waals surface area contributed by atoms with E-state index in [1.165, 1.54) is 0 Å². The predicted octanol–water partition coefficient (Wildman–Crippen LogP) is 2.41. The van der Waals surface area contributed by atoms with Gasteiger partial charge in [0.25, 0.3) is 0 Å². The highest BCUT2D eigenvalue weighted by Crippen LogP contribution is 2.23. The zero-order chi connectivity index (χ0) is 12.8. The van der Waals surface area contributed by atoms with Crippen LogP contribution in [-0.4, -0.2) is 23.7 Å². The van der Waals surface area contributed by atoms with Crippen LogP contribution in [-0.2, 0) is 11.3 Å². The van der Waals surface area contributed by atoms with Crippen LogP contribution in [0.3, 0.4) is 0 Å². The third-order valence-corrected chi connectivity index (χ3v) is 2.78.